The summed E-state index contributed by atoms with van der Waals surface area (Å²) in [5.41, 5.74) is 0.591. The largest absolute Gasteiger partial charge is 0.437 e. The summed E-state index contributed by atoms with van der Waals surface area (Å²) in [6.07, 6.45) is 0. The highest BCUT2D eigenvalue weighted by Crippen LogP contribution is 2.29. The molecule has 0 saturated heterocycles. The molecule has 0 bridgehead atoms. The Kier molecular flexibility index (Phi) is 4.21. The normalized spacial score (nSPS) is 11.4. The van der Waals surface area contributed by atoms with Crippen LogP contribution < -0.4 is 10.3 Å². The average molecular weight is 378 g/mol. The van der Waals surface area contributed by atoms with Crippen molar-refractivity contribution in [2.24, 2.45) is 0 Å². The SMILES string of the molecule is O=c1nc(-c2ccccc2NS(=O)(=O)c2ccccc2)oc2ccccc12. The van der Waals surface area contributed by atoms with E-state index >= 15 is 0 Å². The topological polar surface area (TPSA) is 89.3 Å². The van der Waals surface area contributed by atoms with E-state index in [2.05, 4.69) is 9.71 Å². The zero-order valence-electron chi connectivity index (χ0n) is 14.0. The molecule has 3 aromatic carbocycles. The van der Waals surface area contributed by atoms with E-state index in [0.29, 0.717) is 16.5 Å². The van der Waals surface area contributed by atoms with Gasteiger partial charge in [0, 0.05) is 0 Å². The fourth-order valence-electron chi connectivity index (χ4n) is 2.69. The van der Waals surface area contributed by atoms with E-state index in [1.807, 2.05) is 0 Å². The Morgan fingerprint density at radius 2 is 1.48 bits per heavy atom. The summed E-state index contributed by atoms with van der Waals surface area (Å²) in [7, 11) is -3.79. The number of nitrogens with one attached hydrogen (secondary N) is 1. The first kappa shape index (κ1) is 17.0. The first-order valence-corrected chi connectivity index (χ1v) is 9.60. The highest BCUT2D eigenvalue weighted by Gasteiger charge is 2.18. The number of fused-ring (bicyclic) bond motifs is 1. The fraction of sp³-hybridized carbons (Fsp3) is 0. The Morgan fingerprint density at radius 1 is 0.815 bits per heavy atom. The predicted molar refractivity (Wildman–Crippen MR) is 103 cm³/mol. The molecule has 1 heterocycles. The maximum absolute atomic E-state index is 12.6. The molecule has 1 N–H and O–H groups in total. The van der Waals surface area contributed by atoms with Crippen molar-refractivity contribution >= 4 is 26.7 Å². The molecule has 4 aromatic rings. The minimum atomic E-state index is -3.79. The molecule has 0 aliphatic rings. The van der Waals surface area contributed by atoms with Gasteiger partial charge in [-0.1, -0.05) is 42.5 Å². The molecule has 0 unspecified atom stereocenters. The van der Waals surface area contributed by atoms with E-state index in [4.69, 9.17) is 4.42 Å². The number of anilines is 1. The monoisotopic (exact) mass is 378 g/mol. The van der Waals surface area contributed by atoms with Gasteiger partial charge in [0.05, 0.1) is 21.5 Å². The number of hydrogen-bond donors (Lipinski definition) is 1. The van der Waals surface area contributed by atoms with Crippen molar-refractivity contribution in [2.75, 3.05) is 4.72 Å². The molecule has 0 radical (unpaired) electrons. The molecule has 0 aliphatic heterocycles. The molecule has 0 fully saturated rings. The Morgan fingerprint density at radius 3 is 2.30 bits per heavy atom. The molecular formula is C20H14N2O4S. The summed E-state index contributed by atoms with van der Waals surface area (Å²) in [6.45, 7) is 0. The van der Waals surface area contributed by atoms with Gasteiger partial charge < -0.3 is 4.42 Å². The van der Waals surface area contributed by atoms with Crippen molar-refractivity contribution in [3.63, 3.8) is 0 Å². The van der Waals surface area contributed by atoms with Crippen LogP contribution in [0.3, 0.4) is 0 Å². The number of sulfonamides is 1. The maximum Gasteiger partial charge on any atom is 0.284 e. The third kappa shape index (κ3) is 3.32. The van der Waals surface area contributed by atoms with Crippen molar-refractivity contribution in [1.29, 1.82) is 0 Å². The molecule has 0 saturated carbocycles. The van der Waals surface area contributed by atoms with E-state index < -0.39 is 15.6 Å². The van der Waals surface area contributed by atoms with Crippen molar-refractivity contribution in [3.05, 3.63) is 89.2 Å². The Balaban J connectivity index is 1.82. The molecular weight excluding hydrogens is 364 g/mol. The molecule has 4 rings (SSSR count). The van der Waals surface area contributed by atoms with Gasteiger partial charge in [-0.2, -0.15) is 4.98 Å². The summed E-state index contributed by atoms with van der Waals surface area (Å²) >= 11 is 0. The van der Waals surface area contributed by atoms with Crippen molar-refractivity contribution < 1.29 is 12.8 Å². The van der Waals surface area contributed by atoms with Crippen LogP contribution in [0.2, 0.25) is 0 Å². The number of rotatable bonds is 4. The second kappa shape index (κ2) is 6.69. The van der Waals surface area contributed by atoms with Crippen molar-refractivity contribution in [1.82, 2.24) is 4.98 Å². The molecule has 0 amide bonds. The first-order valence-electron chi connectivity index (χ1n) is 8.12. The molecule has 134 valence electrons. The van der Waals surface area contributed by atoms with Gasteiger partial charge in [0.25, 0.3) is 15.6 Å². The summed E-state index contributed by atoms with van der Waals surface area (Å²) in [6, 6.07) is 21.4. The van der Waals surface area contributed by atoms with Crippen molar-refractivity contribution in [3.8, 4) is 11.5 Å². The van der Waals surface area contributed by atoms with Crippen LogP contribution in [0.1, 0.15) is 0 Å². The molecule has 0 atom stereocenters. The zero-order chi connectivity index (χ0) is 18.9. The van der Waals surface area contributed by atoms with E-state index in [1.165, 1.54) is 12.1 Å². The first-order chi connectivity index (χ1) is 13.0. The van der Waals surface area contributed by atoms with Crippen LogP contribution in [0.15, 0.2) is 93.0 Å². The van der Waals surface area contributed by atoms with Gasteiger partial charge in [0.2, 0.25) is 5.89 Å². The molecule has 7 heteroatoms. The third-order valence-electron chi connectivity index (χ3n) is 3.98. The number of nitrogens with zero attached hydrogens (tertiary/aromatic N) is 1. The van der Waals surface area contributed by atoms with Gasteiger partial charge in [-0.3, -0.25) is 9.52 Å². The van der Waals surface area contributed by atoms with Crippen molar-refractivity contribution in [2.45, 2.75) is 4.90 Å². The summed E-state index contributed by atoms with van der Waals surface area (Å²) in [4.78, 5) is 16.4. The van der Waals surface area contributed by atoms with Gasteiger partial charge in [-0.15, -0.1) is 0 Å². The van der Waals surface area contributed by atoms with Crippen LogP contribution in [0.5, 0.6) is 0 Å². The van der Waals surface area contributed by atoms with E-state index in [1.54, 1.807) is 66.7 Å². The number of aromatic nitrogens is 1. The summed E-state index contributed by atoms with van der Waals surface area (Å²) in [5, 5.41) is 0.364. The summed E-state index contributed by atoms with van der Waals surface area (Å²) < 4.78 is 33.6. The predicted octanol–water partition coefficient (Wildman–Crippen LogP) is 3.66. The lowest BCUT2D eigenvalue weighted by atomic mass is 10.2. The van der Waals surface area contributed by atoms with Gasteiger partial charge in [-0.25, -0.2) is 8.42 Å². The van der Waals surface area contributed by atoms with Gasteiger partial charge in [0.1, 0.15) is 5.58 Å². The van der Waals surface area contributed by atoms with E-state index in [0.717, 1.165) is 0 Å². The van der Waals surface area contributed by atoms with Gasteiger partial charge in [-0.05, 0) is 36.4 Å². The zero-order valence-corrected chi connectivity index (χ0v) is 14.8. The minimum Gasteiger partial charge on any atom is -0.437 e. The molecule has 1 aromatic heterocycles. The second-order valence-electron chi connectivity index (χ2n) is 5.78. The quantitative estimate of drug-likeness (QED) is 0.585. The van der Waals surface area contributed by atoms with Crippen LogP contribution in [0.25, 0.3) is 22.4 Å². The second-order valence-corrected chi connectivity index (χ2v) is 7.47. The molecule has 27 heavy (non-hydrogen) atoms. The molecule has 0 spiro atoms. The van der Waals surface area contributed by atoms with Gasteiger partial charge >= 0.3 is 0 Å². The Hall–Kier alpha value is -3.45. The number of para-hydroxylation sites is 2. The smallest absolute Gasteiger partial charge is 0.284 e. The van der Waals surface area contributed by atoms with Crippen LogP contribution in [-0.4, -0.2) is 13.4 Å². The average Bonchev–Trinajstić information content (AvgIpc) is 2.69. The highest BCUT2D eigenvalue weighted by atomic mass is 32.2. The highest BCUT2D eigenvalue weighted by molar-refractivity contribution is 7.92. The lowest BCUT2D eigenvalue weighted by Gasteiger charge is -2.12. The van der Waals surface area contributed by atoms with Crippen LogP contribution in [-0.2, 0) is 10.0 Å². The van der Waals surface area contributed by atoms with Crippen LogP contribution >= 0.6 is 0 Å². The maximum atomic E-state index is 12.6. The molecule has 6 nitrogen and oxygen atoms in total. The minimum absolute atomic E-state index is 0.0464. The summed E-state index contributed by atoms with van der Waals surface area (Å²) in [5.74, 6) is 0.0464. The standard InChI is InChI=1S/C20H14N2O4S/c23-19-16-11-5-7-13-18(16)26-20(21-19)15-10-4-6-12-17(15)22-27(24,25)14-8-2-1-3-9-14/h1-13,22H. The number of hydrogen-bond acceptors (Lipinski definition) is 5. The third-order valence-corrected chi connectivity index (χ3v) is 5.36. The lowest BCUT2D eigenvalue weighted by molar-refractivity contribution is 0.595. The molecule has 0 aliphatic carbocycles. The van der Waals surface area contributed by atoms with E-state index in [9.17, 15) is 13.2 Å². The Labute approximate surface area is 155 Å². The fourth-order valence-corrected chi connectivity index (χ4v) is 3.79. The van der Waals surface area contributed by atoms with E-state index in [-0.39, 0.29) is 16.5 Å². The lowest BCUT2D eigenvalue weighted by Crippen LogP contribution is -2.14. The Bertz CT molecular complexity index is 1280. The van der Waals surface area contributed by atoms with Gasteiger partial charge in [0.15, 0.2) is 0 Å². The number of benzene rings is 3. The van der Waals surface area contributed by atoms with Crippen LogP contribution in [0.4, 0.5) is 5.69 Å². The van der Waals surface area contributed by atoms with Crippen LogP contribution in [0, 0.1) is 0 Å².